The Morgan fingerprint density at radius 1 is 1.18 bits per heavy atom. The summed E-state index contributed by atoms with van der Waals surface area (Å²) in [7, 11) is 0. The number of aliphatic hydroxyl groups is 1. The van der Waals surface area contributed by atoms with Crippen molar-refractivity contribution in [3.8, 4) is 5.75 Å². The number of para-hydroxylation sites is 1. The lowest BCUT2D eigenvalue weighted by Gasteiger charge is -2.13. The molecule has 0 aromatic heterocycles. The Bertz CT molecular complexity index is 613. The monoisotopic (exact) mass is 476 g/mol. The van der Waals surface area contributed by atoms with Gasteiger partial charge >= 0.3 is 5.97 Å². The van der Waals surface area contributed by atoms with Crippen molar-refractivity contribution >= 4 is 44.5 Å². The first-order valence-corrected chi connectivity index (χ1v) is 8.41. The summed E-state index contributed by atoms with van der Waals surface area (Å²) in [6.07, 6.45) is -0.879. The van der Waals surface area contributed by atoms with Crippen LogP contribution < -0.4 is 4.74 Å². The number of esters is 1. The second-order valence-electron chi connectivity index (χ2n) is 4.53. The SMILES string of the molecule is O=C(OCC(O)COc1ccccc1)c1cc(Br)cc(I)c1. The molecule has 0 heterocycles. The molecule has 0 aliphatic heterocycles. The molecule has 1 unspecified atom stereocenters. The van der Waals surface area contributed by atoms with Gasteiger partial charge in [-0.3, -0.25) is 0 Å². The van der Waals surface area contributed by atoms with Crippen molar-refractivity contribution in [1.82, 2.24) is 0 Å². The van der Waals surface area contributed by atoms with E-state index in [-0.39, 0.29) is 13.2 Å². The van der Waals surface area contributed by atoms with E-state index in [1.165, 1.54) is 0 Å². The van der Waals surface area contributed by atoms with Gasteiger partial charge in [0.25, 0.3) is 0 Å². The third-order valence-corrected chi connectivity index (χ3v) is 3.77. The van der Waals surface area contributed by atoms with E-state index >= 15 is 0 Å². The molecule has 0 bridgehead atoms. The van der Waals surface area contributed by atoms with Crippen molar-refractivity contribution in [2.45, 2.75) is 6.10 Å². The average Bonchev–Trinajstić information content (AvgIpc) is 2.50. The molecule has 1 N–H and O–H groups in total. The fraction of sp³-hybridized carbons (Fsp3) is 0.188. The Hall–Kier alpha value is -1.12. The number of halogens is 2. The largest absolute Gasteiger partial charge is 0.491 e. The highest BCUT2D eigenvalue weighted by molar-refractivity contribution is 14.1. The van der Waals surface area contributed by atoms with Gasteiger partial charge in [-0.05, 0) is 52.9 Å². The number of benzene rings is 2. The number of hydrogen-bond donors (Lipinski definition) is 1. The maximum Gasteiger partial charge on any atom is 0.338 e. The van der Waals surface area contributed by atoms with Crippen LogP contribution in [0.1, 0.15) is 10.4 Å². The number of ether oxygens (including phenoxy) is 2. The molecular weight excluding hydrogens is 463 g/mol. The molecule has 0 aliphatic rings. The highest BCUT2D eigenvalue weighted by Crippen LogP contribution is 2.18. The Morgan fingerprint density at radius 3 is 2.59 bits per heavy atom. The summed E-state index contributed by atoms with van der Waals surface area (Å²) in [5, 5.41) is 9.80. The minimum Gasteiger partial charge on any atom is -0.491 e. The Kier molecular flexibility index (Phi) is 6.66. The van der Waals surface area contributed by atoms with Gasteiger partial charge in [0, 0.05) is 8.04 Å². The van der Waals surface area contributed by atoms with Crippen LogP contribution in [0.4, 0.5) is 0 Å². The van der Waals surface area contributed by atoms with Gasteiger partial charge in [-0.25, -0.2) is 4.79 Å². The van der Waals surface area contributed by atoms with Gasteiger partial charge in [-0.2, -0.15) is 0 Å². The van der Waals surface area contributed by atoms with E-state index in [9.17, 15) is 9.90 Å². The molecule has 2 aromatic carbocycles. The summed E-state index contributed by atoms with van der Waals surface area (Å²) in [4.78, 5) is 11.9. The molecule has 0 radical (unpaired) electrons. The van der Waals surface area contributed by atoms with Gasteiger partial charge in [0.05, 0.1) is 5.56 Å². The second-order valence-corrected chi connectivity index (χ2v) is 6.70. The van der Waals surface area contributed by atoms with Gasteiger partial charge in [0.1, 0.15) is 25.1 Å². The van der Waals surface area contributed by atoms with Crippen LogP contribution in [0, 0.1) is 3.57 Å². The lowest BCUT2D eigenvalue weighted by molar-refractivity contribution is 0.0130. The van der Waals surface area contributed by atoms with Crippen molar-refractivity contribution in [3.05, 3.63) is 62.1 Å². The van der Waals surface area contributed by atoms with E-state index in [0.29, 0.717) is 11.3 Å². The highest BCUT2D eigenvalue weighted by atomic mass is 127. The summed E-state index contributed by atoms with van der Waals surface area (Å²) < 4.78 is 12.2. The molecule has 0 fully saturated rings. The first-order valence-electron chi connectivity index (χ1n) is 6.54. The topological polar surface area (TPSA) is 55.8 Å². The van der Waals surface area contributed by atoms with E-state index in [1.54, 1.807) is 24.3 Å². The van der Waals surface area contributed by atoms with Gasteiger partial charge < -0.3 is 14.6 Å². The maximum absolute atomic E-state index is 11.9. The fourth-order valence-electron chi connectivity index (χ4n) is 1.68. The number of hydrogen-bond acceptors (Lipinski definition) is 4. The van der Waals surface area contributed by atoms with Crippen molar-refractivity contribution in [1.29, 1.82) is 0 Å². The first-order chi connectivity index (χ1) is 10.5. The zero-order valence-corrected chi connectivity index (χ0v) is 15.3. The quantitative estimate of drug-likeness (QED) is 0.510. The molecular formula is C16H14BrIO4. The fourth-order valence-corrected chi connectivity index (χ4v) is 3.28. The van der Waals surface area contributed by atoms with Crippen LogP contribution in [0.5, 0.6) is 5.75 Å². The van der Waals surface area contributed by atoms with Crippen molar-refractivity contribution in [2.24, 2.45) is 0 Å². The molecule has 0 saturated heterocycles. The van der Waals surface area contributed by atoms with Crippen LogP contribution >= 0.6 is 38.5 Å². The van der Waals surface area contributed by atoms with Gasteiger partial charge in [0.15, 0.2) is 0 Å². The molecule has 6 heteroatoms. The van der Waals surface area contributed by atoms with E-state index in [0.717, 1.165) is 8.04 Å². The smallest absolute Gasteiger partial charge is 0.338 e. The average molecular weight is 477 g/mol. The van der Waals surface area contributed by atoms with Crippen LogP contribution in [-0.4, -0.2) is 30.4 Å². The lowest BCUT2D eigenvalue weighted by atomic mass is 10.2. The molecule has 0 amide bonds. The zero-order chi connectivity index (χ0) is 15.9. The predicted octanol–water partition coefficient (Wildman–Crippen LogP) is 3.65. The Balaban J connectivity index is 1.80. The molecule has 2 aromatic rings. The Morgan fingerprint density at radius 2 is 1.91 bits per heavy atom. The van der Waals surface area contributed by atoms with E-state index < -0.39 is 12.1 Å². The summed E-state index contributed by atoms with van der Waals surface area (Å²) in [6, 6.07) is 14.4. The number of aliphatic hydroxyl groups excluding tert-OH is 1. The van der Waals surface area contributed by atoms with Gasteiger partial charge in [-0.1, -0.05) is 34.1 Å². The predicted molar refractivity (Wildman–Crippen MR) is 95.1 cm³/mol. The van der Waals surface area contributed by atoms with Gasteiger partial charge in [-0.15, -0.1) is 0 Å². The Labute approximate surface area is 150 Å². The van der Waals surface area contributed by atoms with Crippen molar-refractivity contribution in [3.63, 3.8) is 0 Å². The number of rotatable bonds is 6. The zero-order valence-electron chi connectivity index (χ0n) is 11.5. The molecule has 4 nitrogen and oxygen atoms in total. The van der Waals surface area contributed by atoms with Gasteiger partial charge in [0.2, 0.25) is 0 Å². The molecule has 0 spiro atoms. The second kappa shape index (κ2) is 8.50. The van der Waals surface area contributed by atoms with Crippen LogP contribution in [-0.2, 0) is 4.74 Å². The first kappa shape index (κ1) is 17.2. The van der Waals surface area contributed by atoms with Crippen molar-refractivity contribution in [2.75, 3.05) is 13.2 Å². The van der Waals surface area contributed by atoms with Crippen molar-refractivity contribution < 1.29 is 19.4 Å². The normalized spacial score (nSPS) is 11.8. The molecule has 116 valence electrons. The molecule has 0 aliphatic carbocycles. The minimum absolute atomic E-state index is 0.0628. The minimum atomic E-state index is -0.879. The summed E-state index contributed by atoms with van der Waals surface area (Å²) in [5.41, 5.74) is 0.440. The summed E-state index contributed by atoms with van der Waals surface area (Å²) >= 11 is 5.45. The van der Waals surface area contributed by atoms with E-state index in [1.807, 2.05) is 24.3 Å². The van der Waals surface area contributed by atoms with Crippen LogP contribution in [0.3, 0.4) is 0 Å². The number of carbonyl (C=O) groups is 1. The van der Waals surface area contributed by atoms with Crippen LogP contribution in [0.15, 0.2) is 53.0 Å². The molecule has 1 atom stereocenters. The summed E-state index contributed by atoms with van der Waals surface area (Å²) in [6.45, 7) is -0.0535. The standard InChI is InChI=1S/C16H14BrIO4/c17-12-6-11(7-13(18)8-12)16(20)22-10-14(19)9-21-15-4-2-1-3-5-15/h1-8,14,19H,9-10H2. The van der Waals surface area contributed by atoms with E-state index in [4.69, 9.17) is 9.47 Å². The lowest BCUT2D eigenvalue weighted by Crippen LogP contribution is -2.25. The molecule has 22 heavy (non-hydrogen) atoms. The van der Waals surface area contributed by atoms with Crippen LogP contribution in [0.2, 0.25) is 0 Å². The maximum atomic E-state index is 11.9. The summed E-state index contributed by atoms with van der Waals surface area (Å²) in [5.74, 6) is 0.187. The number of carbonyl (C=O) groups excluding carboxylic acids is 1. The molecule has 2 rings (SSSR count). The van der Waals surface area contributed by atoms with E-state index in [2.05, 4.69) is 38.5 Å². The third kappa shape index (κ3) is 5.58. The van der Waals surface area contributed by atoms with Crippen LogP contribution in [0.25, 0.3) is 0 Å². The third-order valence-electron chi connectivity index (χ3n) is 2.69. The highest BCUT2D eigenvalue weighted by Gasteiger charge is 2.13. The molecule has 0 saturated carbocycles.